The van der Waals surface area contributed by atoms with Crippen molar-refractivity contribution < 1.29 is 42.2 Å². The van der Waals surface area contributed by atoms with Gasteiger partial charge in [-0.05, 0) is 35.9 Å². The molecule has 0 aliphatic rings. The quantitative estimate of drug-likeness (QED) is 0.476. The Hall–Kier alpha value is -3.77. The third-order valence-corrected chi connectivity index (χ3v) is 6.80. The third kappa shape index (κ3) is 6.64. The molecule has 2 rings (SSSR count). The van der Waals surface area contributed by atoms with Crippen molar-refractivity contribution in [2.45, 2.75) is 38.3 Å². The number of aliphatic carboxylic acids is 1. The van der Waals surface area contributed by atoms with Gasteiger partial charge >= 0.3 is 11.9 Å². The molecule has 12 heteroatoms. The Bertz CT molecular complexity index is 1200. The van der Waals surface area contributed by atoms with Gasteiger partial charge in [0.2, 0.25) is 21.8 Å². The molecular formula is C23H26N2O9S. The number of methoxy groups -OCH3 is 1. The summed E-state index contributed by atoms with van der Waals surface area (Å²) in [5, 5.41) is 9.85. The van der Waals surface area contributed by atoms with E-state index in [2.05, 4.69) is 0 Å². The van der Waals surface area contributed by atoms with Crippen molar-refractivity contribution in [2.75, 3.05) is 18.6 Å². The molecule has 0 aliphatic carbocycles. The molecule has 35 heavy (non-hydrogen) atoms. The average molecular weight is 507 g/mol. The van der Waals surface area contributed by atoms with Gasteiger partial charge in [0.15, 0.2) is 6.04 Å². The molecule has 0 saturated carbocycles. The van der Waals surface area contributed by atoms with Gasteiger partial charge in [-0.25, -0.2) is 8.42 Å². The summed E-state index contributed by atoms with van der Waals surface area (Å²) >= 11 is 0. The zero-order valence-electron chi connectivity index (χ0n) is 19.6. The van der Waals surface area contributed by atoms with Crippen LogP contribution < -0.4 is 9.64 Å². The summed E-state index contributed by atoms with van der Waals surface area (Å²) in [6.45, 7) is 2.11. The fourth-order valence-corrected chi connectivity index (χ4v) is 4.86. The van der Waals surface area contributed by atoms with Crippen LogP contribution in [0.15, 0.2) is 53.4 Å². The lowest BCUT2D eigenvalue weighted by Gasteiger charge is -2.29. The summed E-state index contributed by atoms with van der Waals surface area (Å²) in [5.41, 5.74) is 0.281. The normalized spacial score (nSPS) is 12.0. The Kier molecular flexibility index (Phi) is 9.09. The molecule has 0 saturated heterocycles. The highest BCUT2D eigenvalue weighted by atomic mass is 32.2. The Morgan fingerprint density at radius 3 is 2.00 bits per heavy atom. The molecule has 11 nitrogen and oxygen atoms in total. The van der Waals surface area contributed by atoms with E-state index in [0.717, 1.165) is 11.8 Å². The van der Waals surface area contributed by atoms with Crippen molar-refractivity contribution in [3.05, 3.63) is 54.1 Å². The smallest absolute Gasteiger partial charge is 0.325 e. The van der Waals surface area contributed by atoms with E-state index in [1.165, 1.54) is 57.4 Å². The number of benzene rings is 2. The van der Waals surface area contributed by atoms with Gasteiger partial charge in [0.1, 0.15) is 12.4 Å². The minimum absolute atomic E-state index is 0.0963. The first-order chi connectivity index (χ1) is 16.4. The molecule has 2 aromatic rings. The highest BCUT2D eigenvalue weighted by Gasteiger charge is 2.38. The number of amides is 2. The number of rotatable bonds is 10. The molecule has 188 valence electrons. The van der Waals surface area contributed by atoms with E-state index in [4.69, 9.17) is 9.47 Å². The number of hydrogen-bond donors (Lipinski definition) is 1. The molecule has 2 aromatic carbocycles. The van der Waals surface area contributed by atoms with E-state index in [9.17, 15) is 32.7 Å². The van der Waals surface area contributed by atoms with Crippen LogP contribution in [0.1, 0.15) is 26.3 Å². The second-order valence-electron chi connectivity index (χ2n) is 7.38. The lowest BCUT2D eigenvalue weighted by molar-refractivity contribution is -0.149. The van der Waals surface area contributed by atoms with E-state index in [0.29, 0.717) is 10.1 Å². The molecule has 0 heterocycles. The Morgan fingerprint density at radius 2 is 1.51 bits per heavy atom. The Morgan fingerprint density at radius 1 is 0.943 bits per heavy atom. The molecule has 0 aromatic heterocycles. The number of esters is 1. The summed E-state index contributed by atoms with van der Waals surface area (Å²) in [6.07, 6.45) is 0. The third-order valence-electron chi connectivity index (χ3n) is 4.93. The summed E-state index contributed by atoms with van der Waals surface area (Å²) in [4.78, 5) is 48.4. The molecule has 1 unspecified atom stereocenters. The van der Waals surface area contributed by atoms with Crippen LogP contribution in [-0.2, 0) is 40.5 Å². The Labute approximate surface area is 202 Å². The summed E-state index contributed by atoms with van der Waals surface area (Å²) in [7, 11) is -3.08. The van der Waals surface area contributed by atoms with Crippen molar-refractivity contribution >= 4 is 39.5 Å². The molecule has 0 aliphatic heterocycles. The van der Waals surface area contributed by atoms with Gasteiger partial charge in [-0.3, -0.25) is 24.1 Å². The molecule has 2 amide bonds. The largest absolute Gasteiger partial charge is 0.497 e. The lowest BCUT2D eigenvalue weighted by Crippen LogP contribution is -2.47. The minimum atomic E-state index is -4.48. The van der Waals surface area contributed by atoms with Crippen LogP contribution in [0.4, 0.5) is 5.69 Å². The number of carboxylic acid groups (broad SMARTS) is 1. The number of ether oxygens (including phenoxy) is 2. The van der Waals surface area contributed by atoms with Gasteiger partial charge in [0.25, 0.3) is 0 Å². The van der Waals surface area contributed by atoms with Gasteiger partial charge in [0, 0.05) is 27.3 Å². The highest BCUT2D eigenvalue weighted by molar-refractivity contribution is 7.89. The van der Waals surface area contributed by atoms with E-state index in [1.807, 2.05) is 0 Å². The summed E-state index contributed by atoms with van der Waals surface area (Å²) < 4.78 is 37.8. The number of imide groups is 1. The van der Waals surface area contributed by atoms with E-state index < -0.39 is 53.0 Å². The average Bonchev–Trinajstić information content (AvgIpc) is 2.78. The first kappa shape index (κ1) is 27.5. The fourth-order valence-electron chi connectivity index (χ4n) is 3.31. The molecule has 0 spiro atoms. The zero-order chi connectivity index (χ0) is 26.3. The van der Waals surface area contributed by atoms with Crippen LogP contribution in [0.3, 0.4) is 0 Å². The number of hydrogen-bond acceptors (Lipinski definition) is 8. The molecule has 0 radical (unpaired) electrons. The van der Waals surface area contributed by atoms with Crippen LogP contribution in [0, 0.1) is 0 Å². The van der Waals surface area contributed by atoms with Crippen molar-refractivity contribution in [1.82, 2.24) is 4.31 Å². The maximum atomic E-state index is 13.6. The van der Waals surface area contributed by atoms with Crippen LogP contribution in [-0.4, -0.2) is 61.3 Å². The van der Waals surface area contributed by atoms with Crippen molar-refractivity contribution in [3.63, 3.8) is 0 Å². The summed E-state index contributed by atoms with van der Waals surface area (Å²) in [5.74, 6) is -3.18. The van der Waals surface area contributed by atoms with Crippen molar-refractivity contribution in [3.8, 4) is 5.75 Å². The summed E-state index contributed by atoms with van der Waals surface area (Å²) in [6, 6.07) is 9.49. The number of nitrogens with zero attached hydrogens (tertiary/aromatic N) is 2. The second-order valence-corrected chi connectivity index (χ2v) is 9.28. The number of para-hydroxylation sites is 1. The number of carboxylic acids is 1. The zero-order valence-corrected chi connectivity index (χ0v) is 20.4. The van der Waals surface area contributed by atoms with Gasteiger partial charge in [0.05, 0.1) is 17.7 Å². The topological polar surface area (TPSA) is 148 Å². The second kappa shape index (κ2) is 11.6. The van der Waals surface area contributed by atoms with Gasteiger partial charge < -0.3 is 14.6 Å². The highest BCUT2D eigenvalue weighted by Crippen LogP contribution is 2.28. The Balaban J connectivity index is 2.67. The van der Waals surface area contributed by atoms with Crippen LogP contribution >= 0.6 is 0 Å². The fraction of sp³-hybridized carbons (Fsp3) is 0.304. The number of carbonyl (C=O) groups is 4. The van der Waals surface area contributed by atoms with Crippen LogP contribution in [0.2, 0.25) is 0 Å². The molecule has 1 atom stereocenters. The molecule has 0 bridgehead atoms. The maximum absolute atomic E-state index is 13.6. The van der Waals surface area contributed by atoms with Crippen molar-refractivity contribution in [1.29, 1.82) is 0 Å². The minimum Gasteiger partial charge on any atom is -0.497 e. The first-order valence-corrected chi connectivity index (χ1v) is 11.7. The van der Waals surface area contributed by atoms with Crippen LogP contribution in [0.25, 0.3) is 0 Å². The number of carbonyl (C=O) groups excluding carboxylic acids is 3. The molecule has 0 fully saturated rings. The van der Waals surface area contributed by atoms with E-state index >= 15 is 0 Å². The molecular weight excluding hydrogens is 480 g/mol. The number of anilines is 1. The number of sulfonamides is 1. The predicted molar refractivity (Wildman–Crippen MR) is 124 cm³/mol. The predicted octanol–water partition coefficient (Wildman–Crippen LogP) is 1.80. The van der Waals surface area contributed by atoms with Gasteiger partial charge in [-0.2, -0.15) is 4.31 Å². The van der Waals surface area contributed by atoms with E-state index in [1.54, 1.807) is 12.1 Å². The lowest BCUT2D eigenvalue weighted by atomic mass is 10.1. The van der Waals surface area contributed by atoms with Crippen molar-refractivity contribution in [2.24, 2.45) is 0 Å². The van der Waals surface area contributed by atoms with E-state index in [-0.39, 0.29) is 16.1 Å². The monoisotopic (exact) mass is 506 g/mol. The maximum Gasteiger partial charge on any atom is 0.325 e. The standard InChI is InChI=1S/C23H26N2O9S/c1-15(26)25(16(2)27)21-8-6-5-7-18(21)13-24(22(23(29)30)14-34-17(3)28)35(31,32)20-11-9-19(33-4)10-12-20/h5-12,22H,13-14H2,1-4H3,(H,29,30). The van der Waals surface area contributed by atoms with Gasteiger partial charge in [-0.15, -0.1) is 0 Å². The SMILES string of the molecule is COc1ccc(S(=O)(=O)N(Cc2ccccc2N(C(C)=O)C(C)=O)C(COC(C)=O)C(=O)O)cc1. The first-order valence-electron chi connectivity index (χ1n) is 10.3. The van der Waals surface area contributed by atoms with Gasteiger partial charge in [-0.1, -0.05) is 18.2 Å². The molecule has 1 N–H and O–H groups in total. The van der Waals surface area contributed by atoms with Crippen LogP contribution in [0.5, 0.6) is 5.75 Å².